The number of hydrogen-bond acceptors (Lipinski definition) is 7. The molecule has 0 radical (unpaired) electrons. The number of amides is 3. The molecule has 0 saturated carbocycles. The van der Waals surface area contributed by atoms with Gasteiger partial charge in [-0.05, 0) is 34.1 Å². The van der Waals surface area contributed by atoms with Gasteiger partial charge in [-0.15, -0.1) is 0 Å². The third-order valence-corrected chi connectivity index (χ3v) is 4.76. The molecule has 0 bridgehead atoms. The number of aromatic nitrogens is 4. The maximum absolute atomic E-state index is 11.9. The highest BCUT2D eigenvalue weighted by atomic mass is 79.9. The molecule has 29 heavy (non-hydrogen) atoms. The van der Waals surface area contributed by atoms with Crippen LogP contribution in [0.5, 0.6) is 0 Å². The number of H-pyrrole nitrogens is 1. The van der Waals surface area contributed by atoms with Crippen LogP contribution in [0.3, 0.4) is 0 Å². The number of urea groups is 1. The molecule has 4 rings (SSSR count). The number of hydrogen-bond donors (Lipinski definition) is 4. The number of carbonyl (C=O) groups excluding carboxylic acids is 2. The smallest absolute Gasteiger partial charge is 0.329 e. The van der Waals surface area contributed by atoms with Gasteiger partial charge in [0.1, 0.15) is 5.82 Å². The summed E-state index contributed by atoms with van der Waals surface area (Å²) < 4.78 is 0.734. The van der Waals surface area contributed by atoms with E-state index in [1.54, 1.807) is 36.8 Å². The van der Waals surface area contributed by atoms with Gasteiger partial charge in [0.2, 0.25) is 5.95 Å². The van der Waals surface area contributed by atoms with Crippen LogP contribution in [0.2, 0.25) is 0 Å². The molecule has 0 unspecified atom stereocenters. The number of imide groups is 1. The average Bonchev–Trinajstić information content (AvgIpc) is 3.34. The predicted octanol–water partition coefficient (Wildman–Crippen LogP) is 2.42. The summed E-state index contributed by atoms with van der Waals surface area (Å²) in [7, 11) is 0. The molecule has 10 nitrogen and oxygen atoms in total. The predicted molar refractivity (Wildman–Crippen MR) is 111 cm³/mol. The Morgan fingerprint density at radius 1 is 1.24 bits per heavy atom. The molecule has 1 aliphatic heterocycles. The molecule has 0 atom stereocenters. The molecule has 148 valence electrons. The largest absolute Gasteiger partial charge is 0.369 e. The summed E-state index contributed by atoms with van der Waals surface area (Å²) in [6.07, 6.45) is 5.89. The molecule has 1 aliphatic rings. The molecule has 0 spiro atoms. The summed E-state index contributed by atoms with van der Waals surface area (Å²) in [5.41, 5.74) is 2.09. The van der Waals surface area contributed by atoms with Crippen molar-refractivity contribution >= 4 is 51.0 Å². The highest BCUT2D eigenvalue weighted by Gasteiger charge is 2.29. The van der Waals surface area contributed by atoms with Crippen LogP contribution in [-0.2, 0) is 11.2 Å². The lowest BCUT2D eigenvalue weighted by atomic mass is 10.2. The highest BCUT2D eigenvalue weighted by molar-refractivity contribution is 9.10. The van der Waals surface area contributed by atoms with E-state index in [-0.39, 0.29) is 12.5 Å². The van der Waals surface area contributed by atoms with E-state index in [2.05, 4.69) is 51.8 Å². The molecule has 2 aromatic heterocycles. The Bertz CT molecular complexity index is 1020. The van der Waals surface area contributed by atoms with Crippen molar-refractivity contribution in [2.75, 3.05) is 28.6 Å². The summed E-state index contributed by atoms with van der Waals surface area (Å²) in [6, 6.07) is 6.50. The number of imidazole rings is 1. The van der Waals surface area contributed by atoms with Crippen molar-refractivity contribution < 1.29 is 9.59 Å². The molecule has 4 N–H and O–H groups in total. The number of halogens is 1. The first-order valence-electron chi connectivity index (χ1n) is 8.82. The van der Waals surface area contributed by atoms with E-state index in [0.717, 1.165) is 21.5 Å². The lowest BCUT2D eigenvalue weighted by Gasteiger charge is -2.14. The quantitative estimate of drug-likeness (QED) is 0.401. The number of benzene rings is 1. The molecular formula is C18H17BrN8O2. The first-order valence-corrected chi connectivity index (χ1v) is 9.61. The summed E-state index contributed by atoms with van der Waals surface area (Å²) in [6.45, 7) is 0.654. The van der Waals surface area contributed by atoms with Gasteiger partial charge in [-0.1, -0.05) is 6.07 Å². The zero-order valence-corrected chi connectivity index (χ0v) is 16.7. The van der Waals surface area contributed by atoms with Crippen molar-refractivity contribution in [2.45, 2.75) is 6.42 Å². The molecule has 0 aliphatic carbocycles. The van der Waals surface area contributed by atoms with E-state index in [1.165, 1.54) is 0 Å². The van der Waals surface area contributed by atoms with Gasteiger partial charge in [-0.25, -0.2) is 19.7 Å². The second-order valence-corrected chi connectivity index (χ2v) is 7.04. The van der Waals surface area contributed by atoms with E-state index in [1.807, 2.05) is 6.20 Å². The van der Waals surface area contributed by atoms with Crippen LogP contribution in [0.25, 0.3) is 0 Å². The number of aromatic amines is 1. The third kappa shape index (κ3) is 4.35. The van der Waals surface area contributed by atoms with Gasteiger partial charge in [-0.2, -0.15) is 4.98 Å². The topological polar surface area (TPSA) is 128 Å². The molecule has 11 heteroatoms. The Morgan fingerprint density at radius 2 is 2.14 bits per heavy atom. The van der Waals surface area contributed by atoms with Crippen molar-refractivity contribution in [1.82, 2.24) is 25.3 Å². The van der Waals surface area contributed by atoms with Crippen LogP contribution in [-0.4, -0.2) is 45.0 Å². The zero-order chi connectivity index (χ0) is 20.2. The average molecular weight is 457 g/mol. The molecular weight excluding hydrogens is 440 g/mol. The lowest BCUT2D eigenvalue weighted by molar-refractivity contribution is -0.115. The van der Waals surface area contributed by atoms with E-state index >= 15 is 0 Å². The van der Waals surface area contributed by atoms with E-state index in [0.29, 0.717) is 29.7 Å². The van der Waals surface area contributed by atoms with E-state index < -0.39 is 6.03 Å². The van der Waals surface area contributed by atoms with Gasteiger partial charge >= 0.3 is 6.03 Å². The Labute approximate surface area is 174 Å². The highest BCUT2D eigenvalue weighted by Crippen LogP contribution is 2.25. The second kappa shape index (κ2) is 8.27. The third-order valence-electron chi connectivity index (χ3n) is 4.18. The lowest BCUT2D eigenvalue weighted by Crippen LogP contribution is -2.30. The van der Waals surface area contributed by atoms with Gasteiger partial charge in [-0.3, -0.25) is 4.79 Å². The number of nitrogens with zero attached hydrogens (tertiary/aromatic N) is 4. The van der Waals surface area contributed by atoms with Crippen molar-refractivity contribution in [3.8, 4) is 0 Å². The van der Waals surface area contributed by atoms with Gasteiger partial charge < -0.3 is 20.9 Å². The SMILES string of the molecule is O=C1CNC(=O)N1c1cccc(Nc2ncc(Br)c(NCCc3c[nH]cn3)n2)c1. The fraction of sp³-hybridized carbons (Fsp3) is 0.167. The Balaban J connectivity index is 1.46. The first kappa shape index (κ1) is 18.9. The minimum absolute atomic E-state index is 0.000378. The van der Waals surface area contributed by atoms with Gasteiger partial charge in [0.25, 0.3) is 5.91 Å². The van der Waals surface area contributed by atoms with Crippen LogP contribution in [0.1, 0.15) is 5.69 Å². The number of anilines is 4. The fourth-order valence-corrected chi connectivity index (χ4v) is 3.15. The minimum Gasteiger partial charge on any atom is -0.369 e. The standard InChI is InChI=1S/C18H17BrN8O2/c19-14-8-22-17(26-16(14)21-5-4-12-7-20-10-24-12)25-11-2-1-3-13(6-11)27-15(28)9-23-18(27)29/h1-3,6-8,10H,4-5,9H2,(H,20,24)(H,23,29)(H2,21,22,25,26). The maximum Gasteiger partial charge on any atom is 0.329 e. The molecule has 1 saturated heterocycles. The van der Waals surface area contributed by atoms with Crippen molar-refractivity contribution in [2.24, 2.45) is 0 Å². The van der Waals surface area contributed by atoms with E-state index in [4.69, 9.17) is 0 Å². The monoisotopic (exact) mass is 456 g/mol. The molecule has 3 aromatic rings. The van der Waals surface area contributed by atoms with Crippen molar-refractivity contribution in [3.05, 3.63) is 53.2 Å². The molecule has 1 aromatic carbocycles. The summed E-state index contributed by atoms with van der Waals surface area (Å²) >= 11 is 3.44. The zero-order valence-electron chi connectivity index (χ0n) is 15.1. The Morgan fingerprint density at radius 3 is 2.90 bits per heavy atom. The number of nitrogens with one attached hydrogen (secondary N) is 4. The van der Waals surface area contributed by atoms with Crippen molar-refractivity contribution in [1.29, 1.82) is 0 Å². The van der Waals surface area contributed by atoms with Crippen LogP contribution in [0.4, 0.5) is 27.9 Å². The van der Waals surface area contributed by atoms with Crippen LogP contribution in [0.15, 0.2) is 47.5 Å². The summed E-state index contributed by atoms with van der Waals surface area (Å²) in [4.78, 5) is 40.7. The number of carbonyl (C=O) groups is 2. The fourth-order valence-electron chi connectivity index (χ4n) is 2.82. The van der Waals surface area contributed by atoms with Gasteiger partial charge in [0.15, 0.2) is 0 Å². The van der Waals surface area contributed by atoms with Crippen LogP contribution >= 0.6 is 15.9 Å². The molecule has 3 amide bonds. The Hall–Kier alpha value is -3.47. The van der Waals surface area contributed by atoms with Crippen LogP contribution in [0, 0.1) is 0 Å². The van der Waals surface area contributed by atoms with Crippen molar-refractivity contribution in [3.63, 3.8) is 0 Å². The van der Waals surface area contributed by atoms with E-state index in [9.17, 15) is 9.59 Å². The van der Waals surface area contributed by atoms with Crippen LogP contribution < -0.4 is 20.9 Å². The second-order valence-electron chi connectivity index (χ2n) is 6.19. The molecule has 3 heterocycles. The number of rotatable bonds is 7. The maximum atomic E-state index is 11.9. The summed E-state index contributed by atoms with van der Waals surface area (Å²) in [5.74, 6) is 0.726. The van der Waals surface area contributed by atoms with Gasteiger partial charge in [0.05, 0.1) is 28.7 Å². The molecule has 1 fully saturated rings. The first-order chi connectivity index (χ1) is 14.1. The summed E-state index contributed by atoms with van der Waals surface area (Å²) in [5, 5.41) is 8.85. The normalized spacial score (nSPS) is 13.5. The van der Waals surface area contributed by atoms with Gasteiger partial charge in [0, 0.05) is 31.0 Å². The Kier molecular flexibility index (Phi) is 5.38. The minimum atomic E-state index is -0.435.